The van der Waals surface area contributed by atoms with Crippen molar-refractivity contribution < 1.29 is 0 Å². The maximum atomic E-state index is 7.24. The standard InChI is InChI=1S/C51H87Cl18N/c52-43(37-31-25-19-13-7-1-4-10-16-22-28-34-40-46(55,56)57)49(64,65)70(50(66,67)44(53)38-32-26-20-14-8-2-5-11-17-23-29-35-41-47(58,59)60)51(68,69)45(54)39-33-27-21-15-9-3-6-12-18-24-30-36-42-48(61,62)63/h43-45H,1-42H2. The van der Waals surface area contributed by atoms with E-state index in [0.29, 0.717) is 38.5 Å². The number of hydrogen-bond acceptors (Lipinski definition) is 1. The van der Waals surface area contributed by atoms with Crippen LogP contribution >= 0.6 is 209 Å². The highest BCUT2D eigenvalue weighted by Crippen LogP contribution is 2.55. The van der Waals surface area contributed by atoms with Crippen LogP contribution < -0.4 is 0 Å². The fourth-order valence-electron chi connectivity index (χ4n) is 8.79. The van der Waals surface area contributed by atoms with Gasteiger partial charge in [0.05, 0.1) is 16.1 Å². The zero-order chi connectivity index (χ0) is 53.0. The molecule has 422 valence electrons. The topological polar surface area (TPSA) is 3.24 Å². The number of rotatable bonds is 48. The van der Waals surface area contributed by atoms with Crippen molar-refractivity contribution in [2.24, 2.45) is 0 Å². The number of halogens is 18. The molecule has 0 amide bonds. The van der Waals surface area contributed by atoms with Crippen molar-refractivity contribution in [3.63, 3.8) is 0 Å². The van der Waals surface area contributed by atoms with Gasteiger partial charge in [-0.15, -0.1) is 34.8 Å². The number of unbranched alkanes of at least 4 members (excludes halogenated alkanes) is 33. The van der Waals surface area contributed by atoms with Gasteiger partial charge in [0.1, 0.15) is 0 Å². The molecule has 70 heavy (non-hydrogen) atoms. The summed E-state index contributed by atoms with van der Waals surface area (Å²) in [6, 6.07) is 0. The summed E-state index contributed by atoms with van der Waals surface area (Å²) >= 11 is 117. The summed E-state index contributed by atoms with van der Waals surface area (Å²) in [5, 5.41) is -2.48. The minimum absolute atomic E-state index is 0.494. The molecular weight excluding hydrogens is 1260 g/mol. The van der Waals surface area contributed by atoms with E-state index in [1.807, 2.05) is 0 Å². The van der Waals surface area contributed by atoms with Crippen molar-refractivity contribution in [2.45, 2.75) is 311 Å². The second kappa shape index (κ2) is 43.9. The number of hydrogen-bond donors (Lipinski definition) is 0. The van der Waals surface area contributed by atoms with E-state index >= 15 is 0 Å². The molecule has 3 unspecified atom stereocenters. The molecule has 0 aromatic heterocycles. The van der Waals surface area contributed by atoms with E-state index in [0.717, 1.165) is 116 Å². The first-order valence-electron chi connectivity index (χ1n) is 26.8. The Morgan fingerprint density at radius 3 is 0.471 bits per heavy atom. The van der Waals surface area contributed by atoms with Crippen molar-refractivity contribution in [3.05, 3.63) is 0 Å². The Labute approximate surface area is 518 Å². The van der Waals surface area contributed by atoms with Crippen LogP contribution in [0.25, 0.3) is 0 Å². The van der Waals surface area contributed by atoms with Crippen LogP contribution in [0.5, 0.6) is 0 Å². The molecule has 0 aliphatic rings. The highest BCUT2D eigenvalue weighted by Gasteiger charge is 2.61. The van der Waals surface area contributed by atoms with Crippen LogP contribution in [0, 0.1) is 0 Å². The third kappa shape index (κ3) is 42.1. The molecule has 0 aromatic rings. The zero-order valence-electron chi connectivity index (χ0n) is 41.7. The van der Waals surface area contributed by atoms with Gasteiger partial charge in [-0.2, -0.15) is 0 Å². The summed E-state index contributed by atoms with van der Waals surface area (Å²) in [5.41, 5.74) is 0. The van der Waals surface area contributed by atoms with Crippen LogP contribution in [0.4, 0.5) is 0 Å². The van der Waals surface area contributed by atoms with Crippen LogP contribution in [0.1, 0.15) is 270 Å². The van der Waals surface area contributed by atoms with Gasteiger partial charge in [0.25, 0.3) is 0 Å². The molecule has 19 heteroatoms. The summed E-state index contributed by atoms with van der Waals surface area (Å²) in [5.74, 6) is 0. The Kier molecular flexibility index (Phi) is 47.1. The Bertz CT molecular complexity index is 1050. The zero-order valence-corrected chi connectivity index (χ0v) is 55.3. The lowest BCUT2D eigenvalue weighted by molar-refractivity contribution is 0.117. The van der Waals surface area contributed by atoms with Crippen molar-refractivity contribution >= 4 is 209 Å². The van der Waals surface area contributed by atoms with Crippen molar-refractivity contribution in [3.8, 4) is 0 Å². The van der Waals surface area contributed by atoms with E-state index in [9.17, 15) is 0 Å². The van der Waals surface area contributed by atoms with Gasteiger partial charge in [-0.3, -0.25) is 0 Å². The second-order valence-corrected chi connectivity index (χ2v) is 32.9. The lowest BCUT2D eigenvalue weighted by Gasteiger charge is -2.52. The van der Waals surface area contributed by atoms with Gasteiger partial charge in [-0.1, -0.05) is 386 Å². The van der Waals surface area contributed by atoms with Gasteiger partial charge in [-0.25, -0.2) is 4.90 Å². The Balaban J connectivity index is 5.11. The summed E-state index contributed by atoms with van der Waals surface area (Å²) in [6.45, 7) is 0. The quantitative estimate of drug-likeness (QED) is 0.0333. The van der Waals surface area contributed by atoms with Crippen molar-refractivity contribution in [1.82, 2.24) is 4.90 Å². The van der Waals surface area contributed by atoms with Gasteiger partial charge in [-0.05, 0) is 57.8 Å². The van der Waals surface area contributed by atoms with Gasteiger partial charge in [0, 0.05) is 0 Å². The van der Waals surface area contributed by atoms with Crippen LogP contribution in [-0.4, -0.2) is 45.8 Å². The maximum absolute atomic E-state index is 7.24. The SMILES string of the molecule is ClC(CCCCCCCCCCCCCCC(Cl)(Cl)Cl)C(Cl)(Cl)N(C(Cl)(Cl)C(Cl)CCCCCCCCCCCCCCC(Cl)(Cl)Cl)C(Cl)(Cl)C(Cl)CCCCCCCCCCCCCCC(Cl)(Cl)Cl. The lowest BCUT2D eigenvalue weighted by atomic mass is 10.0. The summed E-state index contributed by atoms with van der Waals surface area (Å²) in [7, 11) is 0. The molecule has 0 heterocycles. The molecule has 0 radical (unpaired) electrons. The first-order chi connectivity index (χ1) is 32.7. The molecule has 1 nitrogen and oxygen atoms in total. The lowest BCUT2D eigenvalue weighted by Crippen LogP contribution is -2.66. The van der Waals surface area contributed by atoms with E-state index in [4.69, 9.17) is 209 Å². The highest BCUT2D eigenvalue weighted by atomic mass is 35.6. The maximum Gasteiger partial charge on any atom is 0.192 e. The molecule has 0 saturated heterocycles. The van der Waals surface area contributed by atoms with E-state index < -0.39 is 40.9 Å². The fourth-order valence-corrected chi connectivity index (χ4v) is 13.5. The van der Waals surface area contributed by atoms with Crippen LogP contribution in [0.2, 0.25) is 0 Å². The normalized spacial score (nSPS) is 14.8. The monoisotopic (exact) mass is 1340 g/mol. The molecule has 0 aliphatic carbocycles. The second-order valence-electron chi connectivity index (χ2n) is 19.7. The Hall–Kier alpha value is 5.18. The van der Waals surface area contributed by atoms with E-state index in [-0.39, 0.29) is 0 Å². The van der Waals surface area contributed by atoms with E-state index in [2.05, 4.69) is 0 Å². The van der Waals surface area contributed by atoms with E-state index in [1.54, 1.807) is 0 Å². The van der Waals surface area contributed by atoms with Crippen molar-refractivity contribution in [2.75, 3.05) is 0 Å². The smallest absolute Gasteiger partial charge is 0.192 e. The summed E-state index contributed by atoms with van der Waals surface area (Å²) < 4.78 is -9.10. The molecule has 0 spiro atoms. The minimum Gasteiger partial charge on any atom is -0.204 e. The first-order valence-corrected chi connectivity index (χ1v) is 33.8. The van der Waals surface area contributed by atoms with E-state index in [1.165, 1.54) is 120 Å². The predicted molar refractivity (Wildman–Crippen MR) is 329 cm³/mol. The molecule has 0 bridgehead atoms. The van der Waals surface area contributed by atoms with Crippen LogP contribution in [-0.2, 0) is 0 Å². The minimum atomic E-state index is -1.90. The molecule has 3 atom stereocenters. The van der Waals surface area contributed by atoms with Gasteiger partial charge < -0.3 is 0 Å². The molecule has 0 fully saturated rings. The average molecular weight is 1350 g/mol. The molecule has 0 aliphatic heterocycles. The van der Waals surface area contributed by atoms with Crippen LogP contribution in [0.15, 0.2) is 0 Å². The molecule has 0 rings (SSSR count). The molecule has 0 saturated carbocycles. The third-order valence-corrected chi connectivity index (χ3v) is 19.6. The predicted octanol–water partition coefficient (Wildman–Crippen LogP) is 27.0. The molecule has 0 N–H and O–H groups in total. The van der Waals surface area contributed by atoms with Gasteiger partial charge in [0.15, 0.2) is 24.7 Å². The largest absolute Gasteiger partial charge is 0.204 e. The van der Waals surface area contributed by atoms with Gasteiger partial charge in [0.2, 0.25) is 0 Å². The van der Waals surface area contributed by atoms with Crippen LogP contribution in [0.3, 0.4) is 0 Å². The highest BCUT2D eigenvalue weighted by molar-refractivity contribution is 6.68. The number of nitrogens with zero attached hydrogens (tertiary/aromatic N) is 1. The van der Waals surface area contributed by atoms with Gasteiger partial charge >= 0.3 is 0 Å². The fraction of sp³-hybridized carbons (Fsp3) is 1.00. The van der Waals surface area contributed by atoms with Crippen molar-refractivity contribution in [1.29, 1.82) is 0 Å². The number of alkyl halides is 18. The third-order valence-electron chi connectivity index (χ3n) is 13.0. The summed E-state index contributed by atoms with van der Waals surface area (Å²) in [6.07, 6.45) is 43.4. The Morgan fingerprint density at radius 1 is 0.200 bits per heavy atom. The first kappa shape index (κ1) is 75.2. The molecular formula is C51H87Cl18N. The molecule has 0 aromatic carbocycles. The summed E-state index contributed by atoms with van der Waals surface area (Å²) in [4.78, 5) is 1.28. The average Bonchev–Trinajstić information content (AvgIpc) is 3.24. The Morgan fingerprint density at radius 2 is 0.329 bits per heavy atom.